The molecule has 0 heterocycles. The van der Waals surface area contributed by atoms with Crippen LogP contribution in [0.15, 0.2) is 60.7 Å². The smallest absolute Gasteiger partial charge is 0.408 e. The molecule has 2 aromatic rings. The number of carboxylic acids is 1. The van der Waals surface area contributed by atoms with Crippen molar-refractivity contribution >= 4 is 35.8 Å². The van der Waals surface area contributed by atoms with Crippen LogP contribution in [0, 0.1) is 0 Å². The van der Waals surface area contributed by atoms with Gasteiger partial charge >= 0.3 is 18.0 Å². The van der Waals surface area contributed by atoms with Crippen molar-refractivity contribution in [1.29, 1.82) is 0 Å². The Balaban J connectivity index is 2.21. The molecule has 0 saturated carbocycles. The number of amides is 4. The Labute approximate surface area is 304 Å². The number of hydrogen-bond donors (Lipinski definition) is 5. The van der Waals surface area contributed by atoms with Crippen LogP contribution in [0.3, 0.4) is 0 Å². The van der Waals surface area contributed by atoms with Gasteiger partial charge in [0.05, 0.1) is 39.5 Å². The summed E-state index contributed by atoms with van der Waals surface area (Å²) in [7, 11) is 1.18. The Morgan fingerprint density at radius 2 is 1.38 bits per heavy atom. The summed E-state index contributed by atoms with van der Waals surface area (Å²) in [6.07, 6.45) is -1.27. The van der Waals surface area contributed by atoms with Gasteiger partial charge in [0.2, 0.25) is 17.7 Å². The minimum atomic E-state index is -1.34. The fourth-order valence-corrected chi connectivity index (χ4v) is 4.71. The Morgan fingerprint density at radius 3 is 1.96 bits per heavy atom. The van der Waals surface area contributed by atoms with Crippen LogP contribution < -0.4 is 21.3 Å². The van der Waals surface area contributed by atoms with Gasteiger partial charge in [-0.15, -0.1) is 0 Å². The van der Waals surface area contributed by atoms with Gasteiger partial charge in [0.15, 0.2) is 0 Å². The number of methoxy groups -OCH3 is 1. The van der Waals surface area contributed by atoms with E-state index >= 15 is 0 Å². The zero-order valence-electron chi connectivity index (χ0n) is 30.5. The molecule has 0 spiro atoms. The average molecular weight is 729 g/mol. The molecular weight excluding hydrogens is 676 g/mol. The number of alkyl carbamates (subject to hydrolysis) is 1. The first kappa shape index (κ1) is 43.1. The maximum absolute atomic E-state index is 13.8. The number of nitrogens with one attached hydrogen (secondary N) is 4. The van der Waals surface area contributed by atoms with E-state index in [9.17, 15) is 28.8 Å². The lowest BCUT2D eigenvalue weighted by Crippen LogP contribution is -2.60. The second-order valence-electron chi connectivity index (χ2n) is 13.0. The number of unbranched alkanes of at least 4 members (excludes halogenated alkanes) is 1. The highest BCUT2D eigenvalue weighted by atomic mass is 16.6. The molecule has 52 heavy (non-hydrogen) atoms. The van der Waals surface area contributed by atoms with E-state index < -0.39 is 65.6 Å². The summed E-state index contributed by atoms with van der Waals surface area (Å²) in [6, 6.07) is 14.7. The number of benzene rings is 2. The van der Waals surface area contributed by atoms with E-state index in [0.29, 0.717) is 12.8 Å². The number of esters is 1. The molecule has 0 aromatic heterocycles. The van der Waals surface area contributed by atoms with Crippen LogP contribution >= 0.6 is 0 Å². The minimum Gasteiger partial charge on any atom is -0.481 e. The van der Waals surface area contributed by atoms with Crippen molar-refractivity contribution in [2.24, 2.45) is 0 Å². The molecule has 4 amide bonds. The summed E-state index contributed by atoms with van der Waals surface area (Å²) < 4.78 is 22.1. The molecule has 0 aliphatic heterocycles. The number of carboxylic acid groups (broad SMARTS) is 1. The molecule has 5 N–H and O–H groups in total. The van der Waals surface area contributed by atoms with E-state index in [1.807, 2.05) is 60.7 Å². The molecule has 0 fully saturated rings. The fraction of sp³-hybridized carbons (Fsp3) is 0.514. The third kappa shape index (κ3) is 17.8. The molecule has 2 aromatic carbocycles. The largest absolute Gasteiger partial charge is 0.481 e. The van der Waals surface area contributed by atoms with Crippen molar-refractivity contribution in [3.05, 3.63) is 71.8 Å². The number of hydrogen-bond acceptors (Lipinski definition) is 10. The molecule has 0 radical (unpaired) electrons. The highest BCUT2D eigenvalue weighted by Gasteiger charge is 2.34. The van der Waals surface area contributed by atoms with Crippen LogP contribution in [0.2, 0.25) is 0 Å². The minimum absolute atomic E-state index is 0.111. The molecule has 0 unspecified atom stereocenters. The normalized spacial score (nSPS) is 13.4. The van der Waals surface area contributed by atoms with Crippen molar-refractivity contribution in [2.45, 2.75) is 103 Å². The summed E-state index contributed by atoms with van der Waals surface area (Å²) in [4.78, 5) is 75.6. The van der Waals surface area contributed by atoms with Crippen LogP contribution in [0.5, 0.6) is 0 Å². The first-order valence-corrected chi connectivity index (χ1v) is 17.1. The number of ether oxygens (including phenoxy) is 4. The molecular formula is C37H52N4O11. The molecule has 15 heteroatoms. The molecule has 15 nitrogen and oxygen atoms in total. The third-order valence-corrected chi connectivity index (χ3v) is 7.42. The first-order chi connectivity index (χ1) is 24.7. The molecule has 0 bridgehead atoms. The van der Waals surface area contributed by atoms with Crippen LogP contribution in [0.25, 0.3) is 0 Å². The molecule has 0 aliphatic rings. The maximum Gasteiger partial charge on any atom is 0.408 e. The molecule has 0 saturated heterocycles. The zero-order chi connectivity index (χ0) is 38.5. The fourth-order valence-electron chi connectivity index (χ4n) is 4.71. The molecule has 0 aliphatic carbocycles. The lowest BCUT2D eigenvalue weighted by atomic mass is 10.1. The second-order valence-corrected chi connectivity index (χ2v) is 13.0. The van der Waals surface area contributed by atoms with Crippen molar-refractivity contribution < 1.29 is 52.8 Å². The van der Waals surface area contributed by atoms with Crippen molar-refractivity contribution in [3.8, 4) is 0 Å². The van der Waals surface area contributed by atoms with Crippen LogP contribution in [0.1, 0.15) is 70.9 Å². The highest BCUT2D eigenvalue weighted by molar-refractivity contribution is 5.93. The van der Waals surface area contributed by atoms with E-state index in [1.54, 1.807) is 27.7 Å². The number of rotatable bonds is 22. The van der Waals surface area contributed by atoms with Crippen LogP contribution in [0.4, 0.5) is 4.79 Å². The lowest BCUT2D eigenvalue weighted by molar-refractivity contribution is -0.146. The monoisotopic (exact) mass is 728 g/mol. The summed E-state index contributed by atoms with van der Waals surface area (Å²) in [5, 5.41) is 19.2. The van der Waals surface area contributed by atoms with Gasteiger partial charge < -0.3 is 45.3 Å². The Bertz CT molecular complexity index is 1430. The molecule has 4 atom stereocenters. The van der Waals surface area contributed by atoms with Gasteiger partial charge in [0.25, 0.3) is 0 Å². The van der Waals surface area contributed by atoms with Crippen molar-refractivity contribution in [1.82, 2.24) is 21.3 Å². The quantitative estimate of drug-likeness (QED) is 0.0880. The summed E-state index contributed by atoms with van der Waals surface area (Å²) >= 11 is 0. The average Bonchev–Trinajstić information content (AvgIpc) is 3.10. The maximum atomic E-state index is 13.8. The highest BCUT2D eigenvalue weighted by Crippen LogP contribution is 2.11. The van der Waals surface area contributed by atoms with Gasteiger partial charge in [-0.05, 0) is 58.1 Å². The van der Waals surface area contributed by atoms with E-state index in [4.69, 9.17) is 24.1 Å². The number of carbonyl (C=O) groups excluding carboxylic acids is 5. The van der Waals surface area contributed by atoms with E-state index in [2.05, 4.69) is 21.3 Å². The lowest BCUT2D eigenvalue weighted by Gasteiger charge is -2.29. The first-order valence-electron chi connectivity index (χ1n) is 17.1. The predicted molar refractivity (Wildman–Crippen MR) is 190 cm³/mol. The molecule has 2 rings (SSSR count). The van der Waals surface area contributed by atoms with E-state index in [1.165, 1.54) is 7.11 Å². The van der Waals surface area contributed by atoms with Gasteiger partial charge in [-0.3, -0.25) is 19.2 Å². The van der Waals surface area contributed by atoms with Gasteiger partial charge in [-0.25, -0.2) is 9.59 Å². The van der Waals surface area contributed by atoms with Crippen LogP contribution in [-0.4, -0.2) is 91.0 Å². The summed E-state index contributed by atoms with van der Waals surface area (Å²) in [6.45, 7) is 6.86. The van der Waals surface area contributed by atoms with Crippen LogP contribution in [-0.2, 0) is 56.1 Å². The number of carbonyl (C=O) groups is 6. The zero-order valence-corrected chi connectivity index (χ0v) is 30.5. The van der Waals surface area contributed by atoms with Gasteiger partial charge in [0.1, 0.15) is 23.7 Å². The van der Waals surface area contributed by atoms with Crippen molar-refractivity contribution in [2.75, 3.05) is 20.3 Å². The Morgan fingerprint density at radius 1 is 0.769 bits per heavy atom. The Kier molecular flexibility index (Phi) is 18.9. The molecule has 286 valence electrons. The van der Waals surface area contributed by atoms with Gasteiger partial charge in [0, 0.05) is 13.0 Å². The topological polar surface area (TPSA) is 208 Å². The van der Waals surface area contributed by atoms with Gasteiger partial charge in [-0.2, -0.15) is 0 Å². The van der Waals surface area contributed by atoms with Gasteiger partial charge in [-0.1, -0.05) is 60.7 Å². The summed E-state index contributed by atoms with van der Waals surface area (Å²) in [5.74, 6) is -3.71. The predicted octanol–water partition coefficient (Wildman–Crippen LogP) is 3.00. The Hall–Kier alpha value is -5.02. The third-order valence-electron chi connectivity index (χ3n) is 7.42. The van der Waals surface area contributed by atoms with E-state index in [-0.39, 0.29) is 45.6 Å². The SMILES string of the molecule is COC(=O)[C@H](CCCCNC(=O)CCC(=O)O)NC(=O)[C@@H](NC(=O)[C@H](COCc1ccccc1)NC(=O)OC(C)(C)C)[C@@H](C)OCc1ccccc1. The standard InChI is InChI=1S/C37H52N4O11/c1-25(51-23-27-16-10-7-11-17-27)32(34(46)39-28(35(47)49-5)18-12-13-21-38-30(42)19-20-31(43)44)41-33(45)29(40-36(48)52-37(2,3)4)24-50-22-26-14-8-6-9-15-26/h6-11,14-17,25,28-29,32H,12-13,18-24H2,1-5H3,(H,38,42)(H,39,46)(H,40,48)(H,41,45)(H,43,44)/t25-,28+,29+,32+/m1/s1. The van der Waals surface area contributed by atoms with Crippen molar-refractivity contribution in [3.63, 3.8) is 0 Å². The second kappa shape index (κ2) is 22.7. The van der Waals surface area contributed by atoms with E-state index in [0.717, 1.165) is 11.1 Å². The summed E-state index contributed by atoms with van der Waals surface area (Å²) in [5.41, 5.74) is 0.808. The number of aliphatic carboxylic acids is 1.